The van der Waals surface area contributed by atoms with E-state index in [4.69, 9.17) is 0 Å². The van der Waals surface area contributed by atoms with Crippen LogP contribution in [0.25, 0.3) is 0 Å². The second-order valence-electron chi connectivity index (χ2n) is 4.78. The molecule has 1 aromatic heterocycles. The second-order valence-corrected chi connectivity index (χ2v) is 6.10. The maximum Gasteiger partial charge on any atom is 0.00794 e. The summed E-state index contributed by atoms with van der Waals surface area (Å²) in [6.07, 6.45) is 0. The van der Waals surface area contributed by atoms with Crippen molar-refractivity contribution in [2.75, 3.05) is 6.54 Å². The second kappa shape index (κ2) is 5.66. The summed E-state index contributed by atoms with van der Waals surface area (Å²) in [6.45, 7) is 12.3. The van der Waals surface area contributed by atoms with Gasteiger partial charge in [-0.15, -0.1) is 11.3 Å². The van der Waals surface area contributed by atoms with E-state index in [1.54, 1.807) is 0 Å². The highest BCUT2D eigenvalue weighted by atomic mass is 32.1. The van der Waals surface area contributed by atoms with Gasteiger partial charge in [0.05, 0.1) is 0 Å². The molecule has 1 N–H and O–H groups in total. The first kappa shape index (κ1) is 12.7. The lowest BCUT2D eigenvalue weighted by atomic mass is 9.94. The summed E-state index contributed by atoms with van der Waals surface area (Å²) in [5, 5.41) is 3.51. The van der Waals surface area contributed by atoms with Crippen LogP contribution < -0.4 is 5.32 Å². The summed E-state index contributed by atoms with van der Waals surface area (Å²) in [5.41, 5.74) is 0. The van der Waals surface area contributed by atoms with Crippen molar-refractivity contribution in [2.45, 2.75) is 46.6 Å². The monoisotopic (exact) mass is 225 g/mol. The van der Waals surface area contributed by atoms with Crippen molar-refractivity contribution in [3.63, 3.8) is 0 Å². The van der Waals surface area contributed by atoms with E-state index in [-0.39, 0.29) is 0 Å². The first-order valence-corrected chi connectivity index (χ1v) is 6.62. The minimum Gasteiger partial charge on any atom is -0.314 e. The summed E-state index contributed by atoms with van der Waals surface area (Å²) < 4.78 is 0. The number of rotatable bonds is 5. The van der Waals surface area contributed by atoms with Gasteiger partial charge in [0.2, 0.25) is 0 Å². The molecule has 0 aliphatic carbocycles. The molecule has 2 heteroatoms. The van der Waals surface area contributed by atoms with Crippen LogP contribution in [0.2, 0.25) is 0 Å². The van der Waals surface area contributed by atoms with Crippen molar-refractivity contribution >= 4 is 11.3 Å². The van der Waals surface area contributed by atoms with Crippen LogP contribution in [0.4, 0.5) is 0 Å². The smallest absolute Gasteiger partial charge is 0.00794 e. The van der Waals surface area contributed by atoms with Crippen LogP contribution in [0.5, 0.6) is 0 Å². The van der Waals surface area contributed by atoms with Crippen molar-refractivity contribution < 1.29 is 0 Å². The topological polar surface area (TPSA) is 12.0 Å². The van der Waals surface area contributed by atoms with Crippen molar-refractivity contribution in [1.82, 2.24) is 5.32 Å². The largest absolute Gasteiger partial charge is 0.314 e. The Morgan fingerprint density at radius 1 is 1.20 bits per heavy atom. The fourth-order valence-electron chi connectivity index (χ4n) is 1.58. The van der Waals surface area contributed by atoms with Crippen molar-refractivity contribution in [2.24, 2.45) is 5.92 Å². The Morgan fingerprint density at radius 2 is 1.87 bits per heavy atom. The maximum absolute atomic E-state index is 3.51. The van der Waals surface area contributed by atoms with Gasteiger partial charge in [0.15, 0.2) is 0 Å². The van der Waals surface area contributed by atoms with Crippen LogP contribution >= 0.6 is 11.3 Å². The van der Waals surface area contributed by atoms with Gasteiger partial charge in [0.25, 0.3) is 0 Å². The fourth-order valence-corrected chi connectivity index (χ4v) is 2.64. The third kappa shape index (κ3) is 3.96. The third-order valence-electron chi connectivity index (χ3n) is 2.91. The highest BCUT2D eigenvalue weighted by molar-refractivity contribution is 7.12. The molecule has 0 bridgehead atoms. The van der Waals surface area contributed by atoms with Gasteiger partial charge in [0.1, 0.15) is 0 Å². The highest BCUT2D eigenvalue weighted by Crippen LogP contribution is 2.29. The van der Waals surface area contributed by atoms with Crippen LogP contribution in [-0.2, 0) is 0 Å². The molecule has 0 aliphatic rings. The van der Waals surface area contributed by atoms with E-state index in [1.807, 2.05) is 11.3 Å². The van der Waals surface area contributed by atoms with Gasteiger partial charge in [-0.25, -0.2) is 0 Å². The average Bonchev–Trinajstić information content (AvgIpc) is 2.60. The van der Waals surface area contributed by atoms with Gasteiger partial charge in [-0.2, -0.15) is 0 Å². The molecule has 0 amide bonds. The Balaban J connectivity index is 2.49. The lowest BCUT2D eigenvalue weighted by Gasteiger charge is -2.20. The lowest BCUT2D eigenvalue weighted by molar-refractivity contribution is 0.429. The van der Waals surface area contributed by atoms with E-state index in [0.29, 0.717) is 17.9 Å². The molecule has 0 fully saturated rings. The maximum atomic E-state index is 3.51. The molecule has 0 aromatic carbocycles. The van der Waals surface area contributed by atoms with Crippen LogP contribution in [0.15, 0.2) is 12.1 Å². The van der Waals surface area contributed by atoms with E-state index in [9.17, 15) is 0 Å². The molecule has 1 nitrogen and oxygen atoms in total. The lowest BCUT2D eigenvalue weighted by Crippen LogP contribution is -2.29. The van der Waals surface area contributed by atoms with Gasteiger partial charge in [0, 0.05) is 15.8 Å². The molecule has 1 rings (SSSR count). The number of hydrogen-bond donors (Lipinski definition) is 1. The number of thiophene rings is 1. The van der Waals surface area contributed by atoms with Crippen LogP contribution in [0.3, 0.4) is 0 Å². The Bertz CT molecular complexity index is 290. The normalized spacial score (nSPS) is 15.6. The summed E-state index contributed by atoms with van der Waals surface area (Å²) in [6, 6.07) is 5.08. The van der Waals surface area contributed by atoms with E-state index in [2.05, 4.69) is 52.1 Å². The molecule has 0 spiro atoms. The molecule has 0 aliphatic heterocycles. The van der Waals surface area contributed by atoms with E-state index < -0.39 is 0 Å². The predicted octanol–water partition coefficient (Wildman–Crippen LogP) is 3.79. The van der Waals surface area contributed by atoms with E-state index in [0.717, 1.165) is 6.54 Å². The number of aryl methyl sites for hydroxylation is 1. The SMILES string of the molecule is Cc1ccc(C(C)C(C)CNC(C)C)s1. The zero-order valence-corrected chi connectivity index (χ0v) is 11.3. The summed E-state index contributed by atoms with van der Waals surface area (Å²) in [5.74, 6) is 1.36. The van der Waals surface area contributed by atoms with Crippen LogP contribution in [0, 0.1) is 12.8 Å². The molecule has 0 saturated carbocycles. The van der Waals surface area contributed by atoms with E-state index >= 15 is 0 Å². The third-order valence-corrected chi connectivity index (χ3v) is 4.11. The Kier molecular flexibility index (Phi) is 4.81. The zero-order valence-electron chi connectivity index (χ0n) is 10.5. The van der Waals surface area contributed by atoms with Gasteiger partial charge in [-0.05, 0) is 37.4 Å². The summed E-state index contributed by atoms with van der Waals surface area (Å²) in [4.78, 5) is 2.94. The molecule has 2 unspecified atom stereocenters. The molecular weight excluding hydrogens is 202 g/mol. The molecule has 2 atom stereocenters. The van der Waals surface area contributed by atoms with Gasteiger partial charge < -0.3 is 5.32 Å². The fraction of sp³-hybridized carbons (Fsp3) is 0.692. The minimum absolute atomic E-state index is 0.588. The minimum atomic E-state index is 0.588. The molecule has 1 aromatic rings. The van der Waals surface area contributed by atoms with Crippen molar-refractivity contribution in [3.8, 4) is 0 Å². The van der Waals surface area contributed by atoms with Crippen molar-refractivity contribution in [3.05, 3.63) is 21.9 Å². The van der Waals surface area contributed by atoms with Crippen molar-refractivity contribution in [1.29, 1.82) is 0 Å². The zero-order chi connectivity index (χ0) is 11.4. The number of hydrogen-bond acceptors (Lipinski definition) is 2. The first-order chi connectivity index (χ1) is 7.00. The Hall–Kier alpha value is -0.340. The highest BCUT2D eigenvalue weighted by Gasteiger charge is 2.15. The van der Waals surface area contributed by atoms with Gasteiger partial charge >= 0.3 is 0 Å². The Labute approximate surface area is 97.9 Å². The first-order valence-electron chi connectivity index (χ1n) is 5.80. The molecule has 86 valence electrons. The molecule has 0 saturated heterocycles. The number of nitrogens with one attached hydrogen (secondary N) is 1. The molecule has 0 radical (unpaired) electrons. The standard InChI is InChI=1S/C13H23NS/c1-9(2)14-8-10(3)12(5)13-7-6-11(4)15-13/h6-7,9-10,12,14H,8H2,1-5H3. The summed E-state index contributed by atoms with van der Waals surface area (Å²) in [7, 11) is 0. The van der Waals surface area contributed by atoms with E-state index in [1.165, 1.54) is 9.75 Å². The molecule has 15 heavy (non-hydrogen) atoms. The molecule has 1 heterocycles. The van der Waals surface area contributed by atoms with Crippen LogP contribution in [-0.4, -0.2) is 12.6 Å². The Morgan fingerprint density at radius 3 is 2.33 bits per heavy atom. The quantitative estimate of drug-likeness (QED) is 0.804. The summed E-state index contributed by atoms with van der Waals surface area (Å²) >= 11 is 1.93. The van der Waals surface area contributed by atoms with Gasteiger partial charge in [-0.3, -0.25) is 0 Å². The predicted molar refractivity (Wildman–Crippen MR) is 69.8 cm³/mol. The average molecular weight is 225 g/mol. The van der Waals surface area contributed by atoms with Crippen LogP contribution in [0.1, 0.15) is 43.4 Å². The molecular formula is C13H23NS. The van der Waals surface area contributed by atoms with Gasteiger partial charge in [-0.1, -0.05) is 27.7 Å².